The summed E-state index contributed by atoms with van der Waals surface area (Å²) >= 11 is 1.76. The summed E-state index contributed by atoms with van der Waals surface area (Å²) in [5.74, 6) is 0. The maximum absolute atomic E-state index is 9.89. The van der Waals surface area contributed by atoms with Gasteiger partial charge in [-0.15, -0.1) is 11.3 Å². The molecule has 1 heterocycles. The number of aryl methyl sites for hydroxylation is 1. The maximum Gasteiger partial charge on any atom is 0.0897 e. The fourth-order valence-electron chi connectivity index (χ4n) is 2.48. The summed E-state index contributed by atoms with van der Waals surface area (Å²) in [6.07, 6.45) is 6.19. The zero-order chi connectivity index (χ0) is 13.5. The van der Waals surface area contributed by atoms with Crippen molar-refractivity contribution in [2.24, 2.45) is 0 Å². The van der Waals surface area contributed by atoms with Crippen LogP contribution in [0.15, 0.2) is 11.4 Å². The molecule has 1 aromatic heterocycles. The third-order valence-electron chi connectivity index (χ3n) is 3.71. The lowest BCUT2D eigenvalue weighted by atomic mass is 9.98. The number of hydrogen-bond acceptors (Lipinski definition) is 4. The van der Waals surface area contributed by atoms with Crippen molar-refractivity contribution in [3.63, 3.8) is 0 Å². The summed E-state index contributed by atoms with van der Waals surface area (Å²) in [5, 5.41) is 15.3. The molecule has 1 fully saturated rings. The van der Waals surface area contributed by atoms with Crippen LogP contribution >= 0.6 is 11.3 Å². The number of aliphatic hydroxyl groups is 1. The summed E-state index contributed by atoms with van der Waals surface area (Å²) < 4.78 is 5.77. The Morgan fingerprint density at radius 1 is 1.42 bits per heavy atom. The number of hydrogen-bond donors (Lipinski definition) is 2. The van der Waals surface area contributed by atoms with Crippen molar-refractivity contribution < 1.29 is 9.84 Å². The molecule has 1 aliphatic rings. The lowest BCUT2D eigenvalue weighted by Gasteiger charge is -2.23. The van der Waals surface area contributed by atoms with Crippen molar-refractivity contribution in [2.45, 2.75) is 57.8 Å². The predicted octanol–water partition coefficient (Wildman–Crippen LogP) is 2.86. The van der Waals surface area contributed by atoms with Gasteiger partial charge in [-0.25, -0.2) is 0 Å². The molecule has 1 atom stereocenters. The van der Waals surface area contributed by atoms with Gasteiger partial charge in [0, 0.05) is 18.0 Å². The van der Waals surface area contributed by atoms with E-state index in [1.165, 1.54) is 29.7 Å². The molecule has 0 radical (unpaired) electrons. The second kappa shape index (κ2) is 8.00. The highest BCUT2D eigenvalue weighted by Crippen LogP contribution is 2.20. The fraction of sp³-hybridized carbons (Fsp3) is 0.733. The average Bonchev–Trinajstić information content (AvgIpc) is 2.83. The third kappa shape index (κ3) is 5.22. The Balaban J connectivity index is 1.56. The van der Waals surface area contributed by atoms with E-state index in [1.54, 1.807) is 11.3 Å². The van der Waals surface area contributed by atoms with E-state index in [0.29, 0.717) is 19.3 Å². The molecule has 2 rings (SSSR count). The molecule has 0 amide bonds. The summed E-state index contributed by atoms with van der Waals surface area (Å²) in [6, 6.07) is 2.13. The molecule has 0 bridgehead atoms. The molecule has 1 aliphatic carbocycles. The van der Waals surface area contributed by atoms with Gasteiger partial charge < -0.3 is 15.2 Å². The van der Waals surface area contributed by atoms with Crippen LogP contribution in [0.2, 0.25) is 0 Å². The van der Waals surface area contributed by atoms with E-state index >= 15 is 0 Å². The van der Waals surface area contributed by atoms with E-state index in [9.17, 15) is 5.11 Å². The average molecular weight is 283 g/mol. The Kier molecular flexibility index (Phi) is 6.31. The Labute approximate surface area is 120 Å². The van der Waals surface area contributed by atoms with Gasteiger partial charge >= 0.3 is 0 Å². The second-order valence-electron chi connectivity index (χ2n) is 5.40. The van der Waals surface area contributed by atoms with Crippen molar-refractivity contribution in [1.29, 1.82) is 0 Å². The van der Waals surface area contributed by atoms with Gasteiger partial charge in [0.25, 0.3) is 0 Å². The Morgan fingerprint density at radius 2 is 2.21 bits per heavy atom. The molecule has 108 valence electrons. The summed E-state index contributed by atoms with van der Waals surface area (Å²) in [6.45, 7) is 4.02. The van der Waals surface area contributed by atoms with Gasteiger partial charge in [0.2, 0.25) is 0 Å². The molecule has 4 heteroatoms. The molecular weight excluding hydrogens is 258 g/mol. The van der Waals surface area contributed by atoms with Crippen LogP contribution in [0.3, 0.4) is 0 Å². The van der Waals surface area contributed by atoms with Crippen LogP contribution in [0.5, 0.6) is 0 Å². The molecule has 0 saturated heterocycles. The van der Waals surface area contributed by atoms with E-state index in [4.69, 9.17) is 4.74 Å². The smallest absolute Gasteiger partial charge is 0.0897 e. The zero-order valence-electron chi connectivity index (χ0n) is 11.7. The predicted molar refractivity (Wildman–Crippen MR) is 79.6 cm³/mol. The Morgan fingerprint density at radius 3 is 2.89 bits per heavy atom. The lowest BCUT2D eigenvalue weighted by Crippen LogP contribution is -2.32. The second-order valence-corrected chi connectivity index (χ2v) is 6.41. The highest BCUT2D eigenvalue weighted by atomic mass is 32.1. The molecule has 0 aliphatic heterocycles. The molecule has 0 spiro atoms. The van der Waals surface area contributed by atoms with Crippen LogP contribution in [0.4, 0.5) is 0 Å². The minimum Gasteiger partial charge on any atom is -0.389 e. The zero-order valence-corrected chi connectivity index (χ0v) is 12.5. The van der Waals surface area contributed by atoms with E-state index in [2.05, 4.69) is 23.7 Å². The molecule has 1 aromatic rings. The molecule has 19 heavy (non-hydrogen) atoms. The minimum absolute atomic E-state index is 0.378. The highest BCUT2D eigenvalue weighted by molar-refractivity contribution is 7.10. The summed E-state index contributed by atoms with van der Waals surface area (Å²) in [7, 11) is 0. The normalized spacial score (nSPS) is 18.6. The van der Waals surface area contributed by atoms with Crippen molar-refractivity contribution in [2.75, 3.05) is 13.2 Å². The van der Waals surface area contributed by atoms with E-state index in [1.807, 2.05) is 0 Å². The first-order valence-electron chi connectivity index (χ1n) is 7.29. The largest absolute Gasteiger partial charge is 0.389 e. The fourth-order valence-corrected chi connectivity index (χ4v) is 3.35. The van der Waals surface area contributed by atoms with Crippen LogP contribution in [-0.2, 0) is 11.3 Å². The van der Waals surface area contributed by atoms with Crippen LogP contribution in [0.1, 0.15) is 42.5 Å². The van der Waals surface area contributed by atoms with Gasteiger partial charge in [-0.3, -0.25) is 0 Å². The van der Waals surface area contributed by atoms with E-state index < -0.39 is 6.10 Å². The van der Waals surface area contributed by atoms with Crippen molar-refractivity contribution in [3.05, 3.63) is 21.9 Å². The van der Waals surface area contributed by atoms with Crippen LogP contribution in [0.25, 0.3) is 0 Å². The molecule has 1 unspecified atom stereocenters. The van der Waals surface area contributed by atoms with Gasteiger partial charge in [0.1, 0.15) is 0 Å². The maximum atomic E-state index is 9.89. The molecule has 0 aromatic carbocycles. The minimum atomic E-state index is -0.401. The van der Waals surface area contributed by atoms with Gasteiger partial charge in [0.15, 0.2) is 0 Å². The highest BCUT2D eigenvalue weighted by Gasteiger charge is 2.15. The van der Waals surface area contributed by atoms with Gasteiger partial charge in [-0.05, 0) is 36.8 Å². The lowest BCUT2D eigenvalue weighted by molar-refractivity contribution is -0.0230. The van der Waals surface area contributed by atoms with E-state index in [0.717, 1.165) is 19.4 Å². The van der Waals surface area contributed by atoms with Crippen molar-refractivity contribution in [3.8, 4) is 0 Å². The van der Waals surface area contributed by atoms with Gasteiger partial charge in [-0.1, -0.05) is 19.3 Å². The summed E-state index contributed by atoms with van der Waals surface area (Å²) in [5.41, 5.74) is 1.32. The first-order valence-corrected chi connectivity index (χ1v) is 8.17. The Bertz CT molecular complexity index is 361. The molecule has 1 saturated carbocycles. The Hall–Kier alpha value is -0.420. The van der Waals surface area contributed by atoms with Crippen LogP contribution < -0.4 is 5.32 Å². The quantitative estimate of drug-likeness (QED) is 0.808. The SMILES string of the molecule is Cc1ccsc1CNCC(O)COC1CCCCC1. The van der Waals surface area contributed by atoms with E-state index in [-0.39, 0.29) is 0 Å². The van der Waals surface area contributed by atoms with Gasteiger partial charge in [-0.2, -0.15) is 0 Å². The number of nitrogens with one attached hydrogen (secondary N) is 1. The van der Waals surface area contributed by atoms with Crippen molar-refractivity contribution >= 4 is 11.3 Å². The first-order chi connectivity index (χ1) is 9.25. The third-order valence-corrected chi connectivity index (χ3v) is 4.73. The van der Waals surface area contributed by atoms with Crippen LogP contribution in [-0.4, -0.2) is 30.5 Å². The first kappa shape index (κ1) is 15.0. The molecule has 2 N–H and O–H groups in total. The monoisotopic (exact) mass is 283 g/mol. The van der Waals surface area contributed by atoms with Crippen molar-refractivity contribution in [1.82, 2.24) is 5.32 Å². The van der Waals surface area contributed by atoms with Gasteiger partial charge in [0.05, 0.1) is 18.8 Å². The topological polar surface area (TPSA) is 41.5 Å². The standard InChI is InChI=1S/C15H25NO2S/c1-12-7-8-19-15(12)10-16-9-13(17)11-18-14-5-3-2-4-6-14/h7-8,13-14,16-17H,2-6,9-11H2,1H3. The number of thiophene rings is 1. The number of rotatable bonds is 7. The summed E-state index contributed by atoms with van der Waals surface area (Å²) in [4.78, 5) is 1.35. The van der Waals surface area contributed by atoms with Crippen LogP contribution in [0, 0.1) is 6.92 Å². The molecular formula is C15H25NO2S. The molecule has 3 nitrogen and oxygen atoms in total. The number of ether oxygens (including phenoxy) is 1. The number of aliphatic hydroxyl groups excluding tert-OH is 1.